The second kappa shape index (κ2) is 5.80. The molecule has 0 fully saturated rings. The Hall–Kier alpha value is -0.940. The summed E-state index contributed by atoms with van der Waals surface area (Å²) in [5.74, 6) is -0.250. The van der Waals surface area contributed by atoms with Crippen LogP contribution in [0.25, 0.3) is 0 Å². The van der Waals surface area contributed by atoms with Gasteiger partial charge in [0.2, 0.25) is 0 Å². The Morgan fingerprint density at radius 1 is 1.22 bits per heavy atom. The van der Waals surface area contributed by atoms with Gasteiger partial charge in [0.05, 0.1) is 15.9 Å². The Balaban J connectivity index is 2.09. The number of nitrogens with one attached hydrogen (secondary N) is 1. The van der Waals surface area contributed by atoms with Gasteiger partial charge in [-0.15, -0.1) is 0 Å². The zero-order valence-electron chi connectivity index (χ0n) is 9.67. The summed E-state index contributed by atoms with van der Waals surface area (Å²) in [5.41, 5.74) is 2.90. The van der Waals surface area contributed by atoms with Crippen molar-refractivity contribution in [1.82, 2.24) is 4.98 Å². The van der Waals surface area contributed by atoms with Gasteiger partial charge in [0, 0.05) is 6.54 Å². The molecule has 0 saturated carbocycles. The molecular weight excluding hydrogens is 363 g/mol. The molecule has 0 aliphatic heterocycles. The van der Waals surface area contributed by atoms with Gasteiger partial charge >= 0.3 is 0 Å². The van der Waals surface area contributed by atoms with Crippen LogP contribution in [-0.4, -0.2) is 4.98 Å². The van der Waals surface area contributed by atoms with Crippen molar-refractivity contribution in [2.24, 2.45) is 0 Å². The number of hydrogen-bond acceptors (Lipinski definition) is 2. The van der Waals surface area contributed by atoms with E-state index in [4.69, 9.17) is 0 Å². The molecule has 0 atom stereocenters. The number of benzene rings is 1. The molecule has 1 heterocycles. The van der Waals surface area contributed by atoms with Gasteiger partial charge in [-0.1, -0.05) is 6.07 Å². The molecule has 2 aromatic rings. The number of aromatic nitrogens is 1. The van der Waals surface area contributed by atoms with Crippen molar-refractivity contribution in [2.75, 3.05) is 5.32 Å². The monoisotopic (exact) mass is 372 g/mol. The topological polar surface area (TPSA) is 24.9 Å². The van der Waals surface area contributed by atoms with E-state index in [1.807, 2.05) is 19.1 Å². The van der Waals surface area contributed by atoms with E-state index in [2.05, 4.69) is 42.2 Å². The summed E-state index contributed by atoms with van der Waals surface area (Å²) in [7, 11) is 0. The fraction of sp³-hybridized carbons (Fsp3) is 0.154. The molecule has 0 spiro atoms. The lowest BCUT2D eigenvalue weighted by molar-refractivity contribution is 0.620. The Morgan fingerprint density at radius 3 is 2.67 bits per heavy atom. The molecule has 0 saturated heterocycles. The first-order valence-electron chi connectivity index (χ1n) is 5.37. The molecule has 5 heteroatoms. The molecule has 0 aliphatic carbocycles. The zero-order chi connectivity index (χ0) is 13.1. The lowest BCUT2D eigenvalue weighted by Crippen LogP contribution is -2.02. The first-order chi connectivity index (χ1) is 8.56. The van der Waals surface area contributed by atoms with Crippen LogP contribution in [0.2, 0.25) is 0 Å². The first-order valence-corrected chi connectivity index (χ1v) is 6.96. The van der Waals surface area contributed by atoms with Crippen LogP contribution in [0.5, 0.6) is 0 Å². The van der Waals surface area contributed by atoms with E-state index >= 15 is 0 Å². The highest BCUT2D eigenvalue weighted by atomic mass is 79.9. The Kier molecular flexibility index (Phi) is 4.35. The summed E-state index contributed by atoms with van der Waals surface area (Å²) in [6.45, 7) is 2.57. The van der Waals surface area contributed by atoms with Crippen LogP contribution in [0.3, 0.4) is 0 Å². The molecule has 0 unspecified atom stereocenters. The number of pyridine rings is 1. The molecule has 0 aliphatic rings. The van der Waals surface area contributed by atoms with E-state index in [1.54, 1.807) is 12.1 Å². The zero-order valence-corrected chi connectivity index (χ0v) is 12.8. The van der Waals surface area contributed by atoms with Gasteiger partial charge in [-0.05, 0) is 68.6 Å². The third-order valence-corrected chi connectivity index (χ3v) is 3.57. The van der Waals surface area contributed by atoms with Gasteiger partial charge in [0.1, 0.15) is 10.4 Å². The predicted molar refractivity (Wildman–Crippen MR) is 78.1 cm³/mol. The number of anilines is 1. The fourth-order valence-corrected chi connectivity index (χ4v) is 2.39. The number of hydrogen-bond donors (Lipinski definition) is 1. The largest absolute Gasteiger partial charge is 0.380 e. The smallest absolute Gasteiger partial charge is 0.137 e. The minimum Gasteiger partial charge on any atom is -0.380 e. The number of halogens is 3. The van der Waals surface area contributed by atoms with Gasteiger partial charge in [0.15, 0.2) is 0 Å². The van der Waals surface area contributed by atoms with Crippen LogP contribution in [0.15, 0.2) is 39.4 Å². The molecule has 0 amide bonds. The van der Waals surface area contributed by atoms with Crippen LogP contribution in [0, 0.1) is 12.7 Å². The van der Waals surface area contributed by atoms with E-state index in [1.165, 1.54) is 6.07 Å². The lowest BCUT2D eigenvalue weighted by Gasteiger charge is -2.09. The van der Waals surface area contributed by atoms with Crippen LogP contribution >= 0.6 is 31.9 Å². The highest BCUT2D eigenvalue weighted by molar-refractivity contribution is 9.10. The van der Waals surface area contributed by atoms with Gasteiger partial charge in [-0.2, -0.15) is 0 Å². The SMILES string of the molecule is Cc1nc(Br)ccc1NCc1ccc(F)c(Br)c1. The van der Waals surface area contributed by atoms with Crippen molar-refractivity contribution in [3.05, 3.63) is 56.5 Å². The van der Waals surface area contributed by atoms with Crippen molar-refractivity contribution in [2.45, 2.75) is 13.5 Å². The standard InChI is InChI=1S/C13H11Br2FN2/c1-8-12(4-5-13(15)18-8)17-7-9-2-3-11(16)10(14)6-9/h2-6,17H,7H2,1H3. The number of rotatable bonds is 3. The highest BCUT2D eigenvalue weighted by Gasteiger charge is 2.03. The van der Waals surface area contributed by atoms with Crippen molar-refractivity contribution >= 4 is 37.5 Å². The number of nitrogens with zero attached hydrogens (tertiary/aromatic N) is 1. The summed E-state index contributed by atoms with van der Waals surface area (Å²) < 4.78 is 14.4. The average molecular weight is 374 g/mol. The normalized spacial score (nSPS) is 10.4. The van der Waals surface area contributed by atoms with Gasteiger partial charge in [-0.25, -0.2) is 9.37 Å². The van der Waals surface area contributed by atoms with Gasteiger partial charge in [-0.3, -0.25) is 0 Å². The van der Waals surface area contributed by atoms with Crippen LogP contribution in [0.1, 0.15) is 11.3 Å². The first kappa shape index (κ1) is 13.5. The third-order valence-electron chi connectivity index (χ3n) is 2.52. The fourth-order valence-electron chi connectivity index (χ4n) is 1.56. The summed E-state index contributed by atoms with van der Waals surface area (Å²) in [5, 5.41) is 3.28. The summed E-state index contributed by atoms with van der Waals surface area (Å²) in [6.07, 6.45) is 0. The molecule has 2 nitrogen and oxygen atoms in total. The maximum absolute atomic E-state index is 13.1. The van der Waals surface area contributed by atoms with Crippen molar-refractivity contribution < 1.29 is 4.39 Å². The molecule has 18 heavy (non-hydrogen) atoms. The third kappa shape index (κ3) is 3.29. The second-order valence-corrected chi connectivity index (χ2v) is 5.54. The van der Waals surface area contributed by atoms with Gasteiger partial charge < -0.3 is 5.32 Å². The van der Waals surface area contributed by atoms with E-state index in [0.29, 0.717) is 11.0 Å². The minimum absolute atomic E-state index is 0.250. The molecule has 0 bridgehead atoms. The molecule has 0 radical (unpaired) electrons. The average Bonchev–Trinajstić information content (AvgIpc) is 2.32. The Bertz CT molecular complexity index is 573. The molecule has 1 aromatic carbocycles. The quantitative estimate of drug-likeness (QED) is 0.791. The van der Waals surface area contributed by atoms with E-state index in [9.17, 15) is 4.39 Å². The number of aryl methyl sites for hydroxylation is 1. The minimum atomic E-state index is -0.250. The maximum Gasteiger partial charge on any atom is 0.137 e. The van der Waals surface area contributed by atoms with Crippen LogP contribution < -0.4 is 5.32 Å². The predicted octanol–water partition coefficient (Wildman–Crippen LogP) is 4.67. The Morgan fingerprint density at radius 2 is 2.00 bits per heavy atom. The van der Waals surface area contributed by atoms with Crippen molar-refractivity contribution in [1.29, 1.82) is 0 Å². The molecule has 94 valence electrons. The van der Waals surface area contributed by atoms with E-state index in [-0.39, 0.29) is 5.82 Å². The highest BCUT2D eigenvalue weighted by Crippen LogP contribution is 2.20. The molecule has 1 N–H and O–H groups in total. The van der Waals surface area contributed by atoms with Gasteiger partial charge in [0.25, 0.3) is 0 Å². The Labute approximate surface area is 122 Å². The van der Waals surface area contributed by atoms with Crippen molar-refractivity contribution in [3.63, 3.8) is 0 Å². The molecular formula is C13H11Br2FN2. The summed E-state index contributed by atoms with van der Waals surface area (Å²) in [6, 6.07) is 8.83. The molecule has 1 aromatic heterocycles. The maximum atomic E-state index is 13.1. The van der Waals surface area contributed by atoms with Crippen LogP contribution in [0.4, 0.5) is 10.1 Å². The molecule has 2 rings (SSSR count). The van der Waals surface area contributed by atoms with E-state index < -0.39 is 0 Å². The second-order valence-electron chi connectivity index (χ2n) is 3.87. The van der Waals surface area contributed by atoms with Crippen LogP contribution in [-0.2, 0) is 6.54 Å². The summed E-state index contributed by atoms with van der Waals surface area (Å²) >= 11 is 6.50. The van der Waals surface area contributed by atoms with Crippen molar-refractivity contribution in [3.8, 4) is 0 Å². The summed E-state index contributed by atoms with van der Waals surface area (Å²) in [4.78, 5) is 4.30. The van der Waals surface area contributed by atoms with E-state index in [0.717, 1.165) is 21.5 Å². The lowest BCUT2D eigenvalue weighted by atomic mass is 10.2.